The summed E-state index contributed by atoms with van der Waals surface area (Å²) in [6.07, 6.45) is 0. The van der Waals surface area contributed by atoms with Crippen LogP contribution in [-0.4, -0.2) is 42.8 Å². The van der Waals surface area contributed by atoms with Crippen LogP contribution in [0.25, 0.3) is 0 Å². The fourth-order valence-corrected chi connectivity index (χ4v) is 3.01. The minimum Gasteiger partial charge on any atom is -0.396 e. The van der Waals surface area contributed by atoms with Gasteiger partial charge in [-0.3, -0.25) is 4.90 Å². The molecule has 0 bridgehead atoms. The van der Waals surface area contributed by atoms with E-state index in [2.05, 4.69) is 10.2 Å². The maximum Gasteiger partial charge on any atom is 0.163 e. The Labute approximate surface area is 125 Å². The van der Waals surface area contributed by atoms with Gasteiger partial charge in [-0.1, -0.05) is 26.0 Å². The van der Waals surface area contributed by atoms with E-state index in [1.54, 1.807) is 19.1 Å². The third kappa shape index (κ3) is 3.25. The smallest absolute Gasteiger partial charge is 0.163 e. The van der Waals surface area contributed by atoms with Gasteiger partial charge in [0.25, 0.3) is 0 Å². The molecule has 1 aliphatic rings. The van der Waals surface area contributed by atoms with Crippen molar-refractivity contribution < 1.29 is 13.9 Å². The van der Waals surface area contributed by atoms with Gasteiger partial charge >= 0.3 is 0 Å². The lowest BCUT2D eigenvalue weighted by molar-refractivity contribution is 0.0283. The van der Waals surface area contributed by atoms with E-state index in [9.17, 15) is 13.9 Å². The summed E-state index contributed by atoms with van der Waals surface area (Å²) < 4.78 is 28.4. The van der Waals surface area contributed by atoms with E-state index in [-0.39, 0.29) is 12.6 Å². The molecule has 2 N–H and O–H groups in total. The molecule has 0 saturated carbocycles. The number of halogens is 2. The Morgan fingerprint density at radius 1 is 1.24 bits per heavy atom. The van der Waals surface area contributed by atoms with Gasteiger partial charge in [0.1, 0.15) is 0 Å². The number of nitrogens with zero attached hydrogens (tertiary/aromatic N) is 1. The molecule has 0 aromatic heterocycles. The molecule has 1 fully saturated rings. The summed E-state index contributed by atoms with van der Waals surface area (Å²) >= 11 is 0. The highest BCUT2D eigenvalue weighted by Crippen LogP contribution is 2.40. The second-order valence-electron chi connectivity index (χ2n) is 6.43. The van der Waals surface area contributed by atoms with Crippen LogP contribution in [0.15, 0.2) is 12.1 Å². The highest BCUT2D eigenvalue weighted by Gasteiger charge is 2.37. The Morgan fingerprint density at radius 3 is 2.43 bits per heavy atom. The zero-order chi connectivity index (χ0) is 15.6. The number of hydrogen-bond donors (Lipinski definition) is 2. The first-order valence-electron chi connectivity index (χ1n) is 7.38. The molecule has 1 atom stereocenters. The normalized spacial score (nSPS) is 18.8. The van der Waals surface area contributed by atoms with Gasteiger partial charge in [0.2, 0.25) is 0 Å². The molecule has 21 heavy (non-hydrogen) atoms. The van der Waals surface area contributed by atoms with E-state index < -0.39 is 17.0 Å². The summed E-state index contributed by atoms with van der Waals surface area (Å²) in [4.78, 5) is 2.12. The first-order chi connectivity index (χ1) is 9.88. The van der Waals surface area contributed by atoms with Crippen LogP contribution in [-0.2, 0) is 0 Å². The van der Waals surface area contributed by atoms with E-state index in [0.29, 0.717) is 11.1 Å². The molecule has 118 valence electrons. The molecule has 1 aromatic carbocycles. The maximum atomic E-state index is 14.4. The molecule has 1 heterocycles. The average molecular weight is 298 g/mol. The zero-order valence-corrected chi connectivity index (χ0v) is 12.9. The number of hydrogen-bond acceptors (Lipinski definition) is 3. The predicted octanol–water partition coefficient (Wildman–Crippen LogP) is 2.24. The molecule has 1 saturated heterocycles. The van der Waals surface area contributed by atoms with Crippen molar-refractivity contribution in [1.29, 1.82) is 0 Å². The van der Waals surface area contributed by atoms with Crippen LogP contribution in [0.3, 0.4) is 0 Å². The number of rotatable bonds is 4. The molecular formula is C16H24F2N2O. The molecule has 0 radical (unpaired) electrons. The van der Waals surface area contributed by atoms with E-state index in [1.165, 1.54) is 0 Å². The number of benzene rings is 1. The van der Waals surface area contributed by atoms with Crippen LogP contribution >= 0.6 is 0 Å². The van der Waals surface area contributed by atoms with Crippen molar-refractivity contribution in [2.45, 2.75) is 26.8 Å². The van der Waals surface area contributed by atoms with Gasteiger partial charge < -0.3 is 10.4 Å². The van der Waals surface area contributed by atoms with Gasteiger partial charge in [-0.15, -0.1) is 0 Å². The van der Waals surface area contributed by atoms with Crippen molar-refractivity contribution >= 4 is 0 Å². The van der Waals surface area contributed by atoms with Crippen LogP contribution in [0.1, 0.15) is 31.0 Å². The van der Waals surface area contributed by atoms with E-state index >= 15 is 0 Å². The van der Waals surface area contributed by atoms with Crippen molar-refractivity contribution in [3.8, 4) is 0 Å². The molecule has 5 heteroatoms. The van der Waals surface area contributed by atoms with Gasteiger partial charge in [-0.05, 0) is 12.5 Å². The average Bonchev–Trinajstić information content (AvgIpc) is 2.48. The fraction of sp³-hybridized carbons (Fsp3) is 0.625. The summed E-state index contributed by atoms with van der Waals surface area (Å²) in [5.41, 5.74) is 0.0797. The molecule has 1 aliphatic heterocycles. The summed E-state index contributed by atoms with van der Waals surface area (Å²) in [7, 11) is 0. The summed E-state index contributed by atoms with van der Waals surface area (Å²) in [5.74, 6) is -1.58. The SMILES string of the molecule is Cc1ccc([C@@H](N2CCNCC2)C(C)(C)CO)c(F)c1F. The number of aliphatic hydroxyl groups is 1. The summed E-state index contributed by atoms with van der Waals surface area (Å²) in [6.45, 7) is 8.37. The summed E-state index contributed by atoms with van der Waals surface area (Å²) in [6, 6.07) is 2.91. The molecule has 1 aromatic rings. The Bertz CT molecular complexity index is 499. The summed E-state index contributed by atoms with van der Waals surface area (Å²) in [5, 5.41) is 13.0. The monoisotopic (exact) mass is 298 g/mol. The Balaban J connectivity index is 2.47. The van der Waals surface area contributed by atoms with Crippen LogP contribution < -0.4 is 5.32 Å². The third-order valence-electron chi connectivity index (χ3n) is 4.26. The number of nitrogens with one attached hydrogen (secondary N) is 1. The largest absolute Gasteiger partial charge is 0.396 e. The lowest BCUT2D eigenvalue weighted by Crippen LogP contribution is -2.49. The minimum absolute atomic E-state index is 0.0868. The highest BCUT2D eigenvalue weighted by atomic mass is 19.2. The predicted molar refractivity (Wildman–Crippen MR) is 79.1 cm³/mol. The minimum atomic E-state index is -0.792. The van der Waals surface area contributed by atoms with Crippen molar-refractivity contribution in [2.24, 2.45) is 5.41 Å². The second-order valence-corrected chi connectivity index (χ2v) is 6.43. The van der Waals surface area contributed by atoms with Crippen molar-refractivity contribution in [3.05, 3.63) is 34.9 Å². The topological polar surface area (TPSA) is 35.5 Å². The third-order valence-corrected chi connectivity index (χ3v) is 4.26. The fourth-order valence-electron chi connectivity index (χ4n) is 3.01. The zero-order valence-electron chi connectivity index (χ0n) is 12.9. The quantitative estimate of drug-likeness (QED) is 0.895. The lowest BCUT2D eigenvalue weighted by Gasteiger charge is -2.43. The molecule has 3 nitrogen and oxygen atoms in total. The molecule has 2 rings (SSSR count). The van der Waals surface area contributed by atoms with Gasteiger partial charge in [-0.25, -0.2) is 8.78 Å². The van der Waals surface area contributed by atoms with Gasteiger partial charge in [-0.2, -0.15) is 0 Å². The number of aliphatic hydroxyl groups excluding tert-OH is 1. The molecular weight excluding hydrogens is 274 g/mol. The van der Waals surface area contributed by atoms with Crippen LogP contribution in [0, 0.1) is 24.0 Å². The van der Waals surface area contributed by atoms with Gasteiger partial charge in [0.15, 0.2) is 11.6 Å². The Kier molecular flexibility index (Phi) is 4.96. The van der Waals surface area contributed by atoms with Gasteiger partial charge in [0, 0.05) is 49.8 Å². The Morgan fingerprint density at radius 2 is 1.86 bits per heavy atom. The number of piperazine rings is 1. The second kappa shape index (κ2) is 6.38. The van der Waals surface area contributed by atoms with Gasteiger partial charge in [0.05, 0.1) is 0 Å². The van der Waals surface area contributed by atoms with E-state index in [4.69, 9.17) is 0 Å². The maximum absolute atomic E-state index is 14.4. The molecule has 0 spiro atoms. The van der Waals surface area contributed by atoms with Crippen LogP contribution in [0.2, 0.25) is 0 Å². The first kappa shape index (κ1) is 16.3. The Hall–Kier alpha value is -1.04. The molecule has 0 aliphatic carbocycles. The molecule has 0 amide bonds. The van der Waals surface area contributed by atoms with Crippen molar-refractivity contribution in [3.63, 3.8) is 0 Å². The first-order valence-corrected chi connectivity index (χ1v) is 7.38. The van der Waals surface area contributed by atoms with E-state index in [1.807, 2.05) is 13.8 Å². The number of aryl methyl sites for hydroxylation is 1. The lowest BCUT2D eigenvalue weighted by atomic mass is 9.79. The van der Waals surface area contributed by atoms with Crippen LogP contribution in [0.5, 0.6) is 0 Å². The van der Waals surface area contributed by atoms with Crippen molar-refractivity contribution in [2.75, 3.05) is 32.8 Å². The highest BCUT2D eigenvalue weighted by molar-refractivity contribution is 5.29. The van der Waals surface area contributed by atoms with E-state index in [0.717, 1.165) is 26.2 Å². The van der Waals surface area contributed by atoms with Crippen molar-refractivity contribution in [1.82, 2.24) is 10.2 Å². The van der Waals surface area contributed by atoms with Crippen LogP contribution in [0.4, 0.5) is 8.78 Å². The molecule has 0 unspecified atom stereocenters. The standard InChI is InChI=1S/C16H24F2N2O/c1-11-4-5-12(14(18)13(11)17)15(16(2,3)10-21)20-8-6-19-7-9-20/h4-5,15,19,21H,6-10H2,1-3H3/t15-/m1/s1.